The maximum Gasteiger partial charge on any atom is 0.278 e. The predicted octanol–water partition coefficient (Wildman–Crippen LogP) is 1.14. The molecule has 0 aliphatic rings. The number of rotatable bonds is 5. The molecular formula is C15H13ClN6O3. The van der Waals surface area contributed by atoms with Gasteiger partial charge in [-0.15, -0.1) is 0 Å². The van der Waals surface area contributed by atoms with Gasteiger partial charge in [0.2, 0.25) is 11.7 Å². The molecule has 0 unspecified atom stereocenters. The van der Waals surface area contributed by atoms with E-state index >= 15 is 0 Å². The Balaban J connectivity index is 1.90. The zero-order chi connectivity index (χ0) is 17.8. The quantitative estimate of drug-likeness (QED) is 0.725. The summed E-state index contributed by atoms with van der Waals surface area (Å²) in [4.78, 5) is 31.8. The molecule has 1 N–H and O–H groups in total. The topological polar surface area (TPSA) is 116 Å². The number of halogens is 1. The average molecular weight is 361 g/mol. The summed E-state index contributed by atoms with van der Waals surface area (Å²) in [5.41, 5.74) is 0.300. The molecule has 10 heteroatoms. The molecule has 3 rings (SSSR count). The van der Waals surface area contributed by atoms with Crippen LogP contribution in [0.2, 0.25) is 5.02 Å². The van der Waals surface area contributed by atoms with Crippen molar-refractivity contribution in [3.8, 4) is 23.1 Å². The summed E-state index contributed by atoms with van der Waals surface area (Å²) in [7, 11) is 0. The molecule has 3 aromatic rings. The molecule has 0 aliphatic heterocycles. The number of amides is 1. The highest BCUT2D eigenvalue weighted by Gasteiger charge is 2.15. The van der Waals surface area contributed by atoms with Gasteiger partial charge in [-0.3, -0.25) is 14.6 Å². The van der Waals surface area contributed by atoms with Crippen LogP contribution in [-0.2, 0) is 11.3 Å². The summed E-state index contributed by atoms with van der Waals surface area (Å²) in [5.74, 6) is 0.0193. The minimum atomic E-state index is -0.411. The van der Waals surface area contributed by atoms with E-state index in [0.717, 1.165) is 4.68 Å². The Kier molecular flexibility index (Phi) is 4.85. The van der Waals surface area contributed by atoms with Crippen molar-refractivity contribution in [2.75, 3.05) is 6.54 Å². The summed E-state index contributed by atoms with van der Waals surface area (Å²) in [6, 6.07) is 5.95. The van der Waals surface area contributed by atoms with Crippen molar-refractivity contribution >= 4 is 17.5 Å². The van der Waals surface area contributed by atoms with Gasteiger partial charge in [-0.1, -0.05) is 16.8 Å². The molecule has 0 saturated heterocycles. The number of pyridine rings is 1. The van der Waals surface area contributed by atoms with E-state index in [0.29, 0.717) is 17.3 Å². The summed E-state index contributed by atoms with van der Waals surface area (Å²) in [5, 5.41) is 11.0. The van der Waals surface area contributed by atoms with Crippen LogP contribution in [0.3, 0.4) is 0 Å². The molecule has 0 aromatic carbocycles. The highest BCUT2D eigenvalue weighted by atomic mass is 35.5. The van der Waals surface area contributed by atoms with E-state index in [4.69, 9.17) is 16.1 Å². The van der Waals surface area contributed by atoms with E-state index in [1.807, 2.05) is 0 Å². The van der Waals surface area contributed by atoms with Crippen molar-refractivity contribution in [3.05, 3.63) is 45.8 Å². The van der Waals surface area contributed by atoms with Crippen LogP contribution in [0.25, 0.3) is 23.1 Å². The lowest BCUT2D eigenvalue weighted by Crippen LogP contribution is -2.33. The molecule has 128 valence electrons. The standard InChI is InChI=1S/C15H13ClN6O3/c1-2-17-12(23)8-22-13(24)4-3-10(20-22)15-19-14(21-25-15)11-7-9(16)5-6-18-11/h3-7H,2,8H2,1H3,(H,17,23). The second-order valence-corrected chi connectivity index (χ2v) is 5.39. The second kappa shape index (κ2) is 7.22. The summed E-state index contributed by atoms with van der Waals surface area (Å²) in [6.07, 6.45) is 1.53. The molecule has 25 heavy (non-hydrogen) atoms. The molecule has 0 atom stereocenters. The van der Waals surface area contributed by atoms with Crippen LogP contribution < -0.4 is 10.9 Å². The van der Waals surface area contributed by atoms with Crippen molar-refractivity contribution in [2.45, 2.75) is 13.5 Å². The van der Waals surface area contributed by atoms with Crippen molar-refractivity contribution < 1.29 is 9.32 Å². The van der Waals surface area contributed by atoms with E-state index in [2.05, 4.69) is 25.5 Å². The summed E-state index contributed by atoms with van der Waals surface area (Å²) >= 11 is 5.92. The Labute approximate surface area is 146 Å². The maximum atomic E-state index is 11.8. The van der Waals surface area contributed by atoms with Crippen molar-refractivity contribution in [1.82, 2.24) is 30.2 Å². The SMILES string of the molecule is CCNC(=O)Cn1nc(-c2nc(-c3cc(Cl)ccn3)no2)ccc1=O. The van der Waals surface area contributed by atoms with E-state index < -0.39 is 5.56 Å². The molecule has 0 fully saturated rings. The monoisotopic (exact) mass is 360 g/mol. The molecule has 0 bridgehead atoms. The van der Waals surface area contributed by atoms with E-state index in [-0.39, 0.29) is 29.9 Å². The number of likely N-dealkylation sites (N-methyl/N-ethyl adjacent to an activating group) is 1. The minimum Gasteiger partial charge on any atom is -0.355 e. The molecule has 0 radical (unpaired) electrons. The third-order valence-corrected chi connectivity index (χ3v) is 3.37. The Morgan fingerprint density at radius 2 is 2.16 bits per heavy atom. The lowest BCUT2D eigenvalue weighted by Gasteiger charge is -2.05. The average Bonchev–Trinajstić information content (AvgIpc) is 3.07. The molecular weight excluding hydrogens is 348 g/mol. The molecule has 1 amide bonds. The van der Waals surface area contributed by atoms with Crippen LogP contribution in [0.15, 0.2) is 39.8 Å². The number of carbonyl (C=O) groups is 1. The van der Waals surface area contributed by atoms with Gasteiger partial charge in [0.05, 0.1) is 0 Å². The van der Waals surface area contributed by atoms with Gasteiger partial charge in [-0.25, -0.2) is 4.68 Å². The van der Waals surface area contributed by atoms with Gasteiger partial charge in [0.25, 0.3) is 11.4 Å². The van der Waals surface area contributed by atoms with Crippen molar-refractivity contribution in [3.63, 3.8) is 0 Å². The highest BCUT2D eigenvalue weighted by Crippen LogP contribution is 2.20. The van der Waals surface area contributed by atoms with Crippen molar-refractivity contribution in [1.29, 1.82) is 0 Å². The van der Waals surface area contributed by atoms with Crippen LogP contribution in [0, 0.1) is 0 Å². The number of aromatic nitrogens is 5. The first-order valence-corrected chi connectivity index (χ1v) is 7.75. The largest absolute Gasteiger partial charge is 0.355 e. The van der Waals surface area contributed by atoms with E-state index in [1.54, 1.807) is 19.1 Å². The van der Waals surface area contributed by atoms with Crippen LogP contribution >= 0.6 is 11.6 Å². The second-order valence-electron chi connectivity index (χ2n) is 4.95. The minimum absolute atomic E-state index is 0.0985. The van der Waals surface area contributed by atoms with Crippen molar-refractivity contribution in [2.24, 2.45) is 0 Å². The van der Waals surface area contributed by atoms with Crippen LogP contribution in [0.1, 0.15) is 6.92 Å². The van der Waals surface area contributed by atoms with Crippen LogP contribution in [0.5, 0.6) is 0 Å². The first kappa shape index (κ1) is 16.8. The molecule has 0 saturated carbocycles. The summed E-state index contributed by atoms with van der Waals surface area (Å²) < 4.78 is 6.20. The zero-order valence-electron chi connectivity index (χ0n) is 13.1. The number of carbonyl (C=O) groups excluding carboxylic acids is 1. The van der Waals surface area contributed by atoms with Crippen LogP contribution in [0.4, 0.5) is 0 Å². The third kappa shape index (κ3) is 3.89. The number of hydrogen-bond donors (Lipinski definition) is 1. The molecule has 3 aromatic heterocycles. The first-order chi connectivity index (χ1) is 12.1. The normalized spacial score (nSPS) is 10.6. The van der Waals surface area contributed by atoms with Gasteiger partial charge >= 0.3 is 0 Å². The van der Waals surface area contributed by atoms with Crippen LogP contribution in [-0.4, -0.2) is 37.4 Å². The summed E-state index contributed by atoms with van der Waals surface area (Å²) in [6.45, 7) is 2.05. The lowest BCUT2D eigenvalue weighted by molar-refractivity contribution is -0.121. The molecule has 0 spiro atoms. The fourth-order valence-electron chi connectivity index (χ4n) is 2.02. The molecule has 9 nitrogen and oxygen atoms in total. The fourth-order valence-corrected chi connectivity index (χ4v) is 2.18. The number of nitrogens with one attached hydrogen (secondary N) is 1. The Morgan fingerprint density at radius 1 is 1.32 bits per heavy atom. The van der Waals surface area contributed by atoms with Gasteiger partial charge in [-0.2, -0.15) is 10.1 Å². The third-order valence-electron chi connectivity index (χ3n) is 3.13. The predicted molar refractivity (Wildman–Crippen MR) is 88.7 cm³/mol. The van der Waals surface area contributed by atoms with Gasteiger partial charge in [0.1, 0.15) is 17.9 Å². The van der Waals surface area contributed by atoms with E-state index in [1.165, 1.54) is 18.3 Å². The highest BCUT2D eigenvalue weighted by molar-refractivity contribution is 6.30. The Hall–Kier alpha value is -3.07. The Bertz CT molecular complexity index is 968. The van der Waals surface area contributed by atoms with Gasteiger partial charge < -0.3 is 9.84 Å². The first-order valence-electron chi connectivity index (χ1n) is 7.37. The smallest absolute Gasteiger partial charge is 0.278 e. The lowest BCUT2D eigenvalue weighted by atomic mass is 10.3. The van der Waals surface area contributed by atoms with Gasteiger partial charge in [0.15, 0.2) is 0 Å². The molecule has 0 aliphatic carbocycles. The molecule has 3 heterocycles. The van der Waals surface area contributed by atoms with Gasteiger partial charge in [-0.05, 0) is 25.1 Å². The maximum absolute atomic E-state index is 11.8. The number of hydrogen-bond acceptors (Lipinski definition) is 7. The Morgan fingerprint density at radius 3 is 2.92 bits per heavy atom. The fraction of sp³-hybridized carbons (Fsp3) is 0.200. The van der Waals surface area contributed by atoms with Gasteiger partial charge in [0, 0.05) is 23.8 Å². The van der Waals surface area contributed by atoms with E-state index in [9.17, 15) is 9.59 Å². The number of nitrogens with zero attached hydrogens (tertiary/aromatic N) is 5. The zero-order valence-corrected chi connectivity index (χ0v) is 13.9.